The van der Waals surface area contributed by atoms with E-state index in [9.17, 15) is 47.9 Å². The number of hydrogen-bond acceptors (Lipinski definition) is 24. The van der Waals surface area contributed by atoms with Gasteiger partial charge in [-0.3, -0.25) is 47.9 Å². The standard InChI is InChI=1S/C38H52BrNO24/c1-14(41)40-27-31(63-38-35(59-23(10)50)33(57-21(8)48)30(56-20(7)47)26(62-38)13-53-17(4)44)28(54-18(5)45)25(12-52-16(3)43)61-37(27)64-32-29(55-19(6)46)24(11-51-15(2)42)60-36(39)34(32)58-22(9)49/h24-38H,11-13H2,1-10H3,(H,40,41)/t24-,25+,26+,27+,28+,29+,30-,31?,32+,33-,34-,35+,36+,37-,38-/m0/s1. The number of amides is 1. The zero-order valence-corrected chi connectivity index (χ0v) is 38.0. The Hall–Kier alpha value is -5.02. The Morgan fingerprint density at radius 3 is 1.12 bits per heavy atom. The Kier molecular flexibility index (Phi) is 20.3. The number of hydrogen-bond donors (Lipinski definition) is 1. The lowest BCUT2D eigenvalue weighted by atomic mass is 9.94. The molecule has 0 bridgehead atoms. The molecule has 15 atom stereocenters. The van der Waals surface area contributed by atoms with Crippen LogP contribution >= 0.6 is 15.9 Å². The summed E-state index contributed by atoms with van der Waals surface area (Å²) in [7, 11) is 0. The van der Waals surface area contributed by atoms with Crippen molar-refractivity contribution in [2.75, 3.05) is 19.8 Å². The van der Waals surface area contributed by atoms with E-state index in [0.717, 1.165) is 69.2 Å². The molecule has 0 aliphatic carbocycles. The number of ether oxygens (including phenoxy) is 14. The first-order valence-electron chi connectivity index (χ1n) is 19.5. The second kappa shape index (κ2) is 24.3. The van der Waals surface area contributed by atoms with Crippen LogP contribution in [0, 0.1) is 0 Å². The first kappa shape index (κ1) is 53.3. The summed E-state index contributed by atoms with van der Waals surface area (Å²) in [5.74, 6) is -8.86. The fraction of sp³-hybridized carbons (Fsp3) is 0.737. The van der Waals surface area contributed by atoms with Crippen molar-refractivity contribution < 1.29 is 114 Å². The number of carbonyl (C=O) groups is 10. The van der Waals surface area contributed by atoms with Gasteiger partial charge in [0.15, 0.2) is 54.2 Å². The molecule has 64 heavy (non-hydrogen) atoms. The van der Waals surface area contributed by atoms with E-state index >= 15 is 0 Å². The molecule has 25 nitrogen and oxygen atoms in total. The summed E-state index contributed by atoms with van der Waals surface area (Å²) in [5, 5.41) is 1.32. The molecule has 1 unspecified atom stereocenters. The van der Waals surface area contributed by atoms with Crippen molar-refractivity contribution in [1.82, 2.24) is 5.32 Å². The van der Waals surface area contributed by atoms with E-state index in [-0.39, 0.29) is 0 Å². The predicted octanol–water partition coefficient (Wildman–Crippen LogP) is -0.889. The molecule has 1 amide bonds. The highest BCUT2D eigenvalue weighted by Crippen LogP contribution is 2.38. The number of alkyl halides is 1. The summed E-state index contributed by atoms with van der Waals surface area (Å²) >= 11 is 3.28. The number of carbonyl (C=O) groups excluding carboxylic acids is 10. The van der Waals surface area contributed by atoms with Crippen LogP contribution in [0.1, 0.15) is 69.2 Å². The van der Waals surface area contributed by atoms with Gasteiger partial charge < -0.3 is 71.6 Å². The Labute approximate surface area is 374 Å². The lowest BCUT2D eigenvalue weighted by molar-refractivity contribution is -0.357. The zero-order valence-electron chi connectivity index (χ0n) is 36.5. The van der Waals surface area contributed by atoms with Crippen molar-refractivity contribution >= 4 is 75.6 Å². The molecule has 3 rings (SSSR count). The Morgan fingerprint density at radius 2 is 0.719 bits per heavy atom. The quantitative estimate of drug-likeness (QED) is 0.105. The summed E-state index contributed by atoms with van der Waals surface area (Å²) in [4.78, 5) is 125. The third-order valence-corrected chi connectivity index (χ3v) is 9.67. The van der Waals surface area contributed by atoms with E-state index in [2.05, 4.69) is 21.2 Å². The van der Waals surface area contributed by atoms with Gasteiger partial charge in [-0.1, -0.05) is 15.9 Å². The molecule has 0 radical (unpaired) electrons. The van der Waals surface area contributed by atoms with E-state index in [0.29, 0.717) is 0 Å². The minimum absolute atomic E-state index is 0.527. The maximum Gasteiger partial charge on any atom is 0.303 e. The van der Waals surface area contributed by atoms with Crippen molar-refractivity contribution in [2.45, 2.75) is 160 Å². The molecule has 0 spiro atoms. The van der Waals surface area contributed by atoms with Crippen molar-refractivity contribution in [3.63, 3.8) is 0 Å². The Balaban J connectivity index is 2.33. The van der Waals surface area contributed by atoms with Crippen LogP contribution in [0.4, 0.5) is 0 Å². The van der Waals surface area contributed by atoms with Crippen LogP contribution in [0.2, 0.25) is 0 Å². The van der Waals surface area contributed by atoms with Gasteiger partial charge in [0.1, 0.15) is 56.4 Å². The van der Waals surface area contributed by atoms with Gasteiger partial charge in [-0.15, -0.1) is 0 Å². The summed E-state index contributed by atoms with van der Waals surface area (Å²) in [6.07, 6.45) is -21.8. The van der Waals surface area contributed by atoms with Gasteiger partial charge in [0.25, 0.3) is 0 Å². The largest absolute Gasteiger partial charge is 0.463 e. The molecule has 3 saturated heterocycles. The fourth-order valence-corrected chi connectivity index (χ4v) is 7.54. The summed E-state index contributed by atoms with van der Waals surface area (Å²) < 4.78 is 80.2. The fourth-order valence-electron chi connectivity index (χ4n) is 6.85. The van der Waals surface area contributed by atoms with Crippen LogP contribution in [0.15, 0.2) is 0 Å². The smallest absolute Gasteiger partial charge is 0.303 e. The lowest BCUT2D eigenvalue weighted by Crippen LogP contribution is -2.71. The lowest BCUT2D eigenvalue weighted by Gasteiger charge is -2.51. The van der Waals surface area contributed by atoms with Crippen molar-refractivity contribution in [2.24, 2.45) is 0 Å². The highest BCUT2D eigenvalue weighted by atomic mass is 79.9. The second-order valence-electron chi connectivity index (χ2n) is 14.4. The van der Waals surface area contributed by atoms with E-state index in [4.69, 9.17) is 66.3 Å². The van der Waals surface area contributed by atoms with Crippen molar-refractivity contribution in [1.29, 1.82) is 0 Å². The van der Waals surface area contributed by atoms with Crippen molar-refractivity contribution in [3.8, 4) is 0 Å². The number of halogens is 1. The third-order valence-electron chi connectivity index (χ3n) is 8.93. The van der Waals surface area contributed by atoms with Gasteiger partial charge in [-0.2, -0.15) is 0 Å². The first-order chi connectivity index (χ1) is 29.9. The van der Waals surface area contributed by atoms with Gasteiger partial charge in [-0.25, -0.2) is 0 Å². The van der Waals surface area contributed by atoms with Crippen LogP contribution < -0.4 is 5.32 Å². The molecule has 0 aromatic carbocycles. The maximum atomic E-state index is 13.1. The summed E-state index contributed by atoms with van der Waals surface area (Å²) in [5.41, 5.74) is 0. The predicted molar refractivity (Wildman–Crippen MR) is 205 cm³/mol. The van der Waals surface area contributed by atoms with Gasteiger partial charge >= 0.3 is 53.7 Å². The highest BCUT2D eigenvalue weighted by Gasteiger charge is 2.59. The van der Waals surface area contributed by atoms with Crippen LogP contribution in [0.5, 0.6) is 0 Å². The number of esters is 9. The van der Waals surface area contributed by atoms with Crippen LogP contribution in [-0.4, -0.2) is 170 Å². The normalized spacial score (nSPS) is 32.3. The zero-order chi connectivity index (χ0) is 48.2. The van der Waals surface area contributed by atoms with E-state index in [1.165, 1.54) is 0 Å². The number of rotatable bonds is 17. The second-order valence-corrected chi connectivity index (χ2v) is 15.3. The van der Waals surface area contributed by atoms with Crippen LogP contribution in [0.3, 0.4) is 0 Å². The van der Waals surface area contributed by atoms with E-state index in [1.54, 1.807) is 0 Å². The molecule has 3 fully saturated rings. The monoisotopic (exact) mass is 985 g/mol. The SMILES string of the molecule is CC(=O)N[C@@H]1C(O[C@@H]2O[C@H](COC(C)=O)[C@H](OC(C)=O)[C@H](OC(C)=O)[C@H]2OC(C)=O)[C@H](OC(C)=O)[C@@H](COC(C)=O)O[C@H]1O[C@H]1[C@H](OC(C)=O)[C@H](Br)O[C@@H](COC(C)=O)[C@H]1OC(C)=O. The molecular weight excluding hydrogens is 934 g/mol. The van der Waals surface area contributed by atoms with Gasteiger partial charge in [0, 0.05) is 69.2 Å². The maximum absolute atomic E-state index is 13.1. The molecule has 3 heterocycles. The molecule has 0 saturated carbocycles. The molecule has 0 aromatic rings. The summed E-state index contributed by atoms with van der Waals surface area (Å²) in [6, 6.07) is -1.71. The van der Waals surface area contributed by atoms with Gasteiger partial charge in [0.05, 0.1) is 0 Å². The van der Waals surface area contributed by atoms with Crippen LogP contribution in [-0.2, 0) is 114 Å². The average molecular weight is 987 g/mol. The molecule has 3 aliphatic heterocycles. The summed E-state index contributed by atoms with van der Waals surface area (Å²) in [6.45, 7) is 8.44. The minimum atomic E-state index is -1.97. The Bertz CT molecular complexity index is 1740. The van der Waals surface area contributed by atoms with Crippen molar-refractivity contribution in [3.05, 3.63) is 0 Å². The average Bonchev–Trinajstić information content (AvgIpc) is 3.15. The molecule has 1 N–H and O–H groups in total. The van der Waals surface area contributed by atoms with Crippen LogP contribution in [0.25, 0.3) is 0 Å². The topological polar surface area (TPSA) is 312 Å². The number of nitrogens with one attached hydrogen (secondary N) is 1. The molecular formula is C38H52BrNO24. The molecule has 360 valence electrons. The van der Waals surface area contributed by atoms with Gasteiger partial charge in [-0.05, 0) is 0 Å². The first-order valence-corrected chi connectivity index (χ1v) is 20.4. The van der Waals surface area contributed by atoms with E-state index < -0.39 is 170 Å². The van der Waals surface area contributed by atoms with E-state index in [1.807, 2.05) is 0 Å². The van der Waals surface area contributed by atoms with Gasteiger partial charge in [0.2, 0.25) is 5.91 Å². The highest BCUT2D eigenvalue weighted by molar-refractivity contribution is 9.09. The molecule has 26 heteroatoms. The Morgan fingerprint density at radius 1 is 0.391 bits per heavy atom. The molecule has 3 aliphatic rings. The third kappa shape index (κ3) is 15.9. The molecule has 0 aromatic heterocycles. The minimum Gasteiger partial charge on any atom is -0.463 e.